The molecule has 11 heteroatoms. The number of carbonyl (C=O) groups is 1. The van der Waals surface area contributed by atoms with Crippen LogP contribution in [0.3, 0.4) is 0 Å². The average Bonchev–Trinajstić information content (AvgIpc) is 3.27. The first kappa shape index (κ1) is 28.7. The number of nitrogens with zero attached hydrogens (tertiary/aromatic N) is 4. The number of nitrogens with two attached hydrogens (primary N) is 1. The van der Waals surface area contributed by atoms with Crippen molar-refractivity contribution in [1.29, 1.82) is 0 Å². The predicted octanol–water partition coefficient (Wildman–Crippen LogP) is 5.19. The van der Waals surface area contributed by atoms with E-state index in [2.05, 4.69) is 16.0 Å². The molecule has 0 bridgehead atoms. The Balaban J connectivity index is 1.45. The zero-order valence-corrected chi connectivity index (χ0v) is 23.2. The first-order valence-electron chi connectivity index (χ1n) is 13.9. The summed E-state index contributed by atoms with van der Waals surface area (Å²) in [5.74, 6) is 0.467. The summed E-state index contributed by atoms with van der Waals surface area (Å²) in [6.07, 6.45) is -1.42. The Kier molecular flexibility index (Phi) is 8.08. The first-order valence-corrected chi connectivity index (χ1v) is 13.9. The van der Waals surface area contributed by atoms with Gasteiger partial charge in [-0.25, -0.2) is 9.97 Å². The Morgan fingerprint density at radius 3 is 2.51 bits per heavy atom. The van der Waals surface area contributed by atoms with E-state index in [0.29, 0.717) is 45.0 Å². The molecule has 1 amide bonds. The van der Waals surface area contributed by atoms with Crippen LogP contribution in [0.15, 0.2) is 48.7 Å². The summed E-state index contributed by atoms with van der Waals surface area (Å²) in [6.45, 7) is 5.86. The largest absolute Gasteiger partial charge is 0.492 e. The molecule has 3 aromatic rings. The SMILES string of the molecule is CCOc1ccc(N2CCC3(CC2)CN(C(=O)CCN)c2cc(-c4cccnc4OCC)ccc23)nc1C(F)(F)F. The summed E-state index contributed by atoms with van der Waals surface area (Å²) in [5.41, 5.74) is 8.01. The van der Waals surface area contributed by atoms with Gasteiger partial charge in [-0.2, -0.15) is 13.2 Å². The van der Waals surface area contributed by atoms with Gasteiger partial charge in [0, 0.05) is 55.5 Å². The molecule has 5 rings (SSSR count). The third-order valence-electron chi connectivity index (χ3n) is 7.80. The van der Waals surface area contributed by atoms with Crippen molar-refractivity contribution >= 4 is 17.4 Å². The van der Waals surface area contributed by atoms with Gasteiger partial charge in [-0.3, -0.25) is 4.79 Å². The molecule has 4 heterocycles. The number of hydrogen-bond donors (Lipinski definition) is 1. The fourth-order valence-electron chi connectivity index (χ4n) is 5.87. The number of aromatic nitrogens is 2. The van der Waals surface area contributed by atoms with Gasteiger partial charge >= 0.3 is 6.18 Å². The standard InChI is InChI=1S/C30H34F3N5O3/c1-3-40-24-9-10-25(36-27(24)30(31,32)33)37-16-12-29(13-17-37)19-38(26(39)11-14-34)23-18-20(7-8-22(23)29)21-6-5-15-35-28(21)41-4-2/h5-10,15,18H,3-4,11-14,16-17,19,34H2,1-2H3. The topological polar surface area (TPSA) is 93.8 Å². The maximum atomic E-state index is 13.7. The van der Waals surface area contributed by atoms with Crippen LogP contribution < -0.4 is 25.0 Å². The molecule has 2 aromatic heterocycles. The maximum absolute atomic E-state index is 13.7. The van der Waals surface area contributed by atoms with E-state index >= 15 is 0 Å². The molecule has 41 heavy (non-hydrogen) atoms. The summed E-state index contributed by atoms with van der Waals surface area (Å²) >= 11 is 0. The Bertz CT molecular complexity index is 1410. The Labute approximate surface area is 237 Å². The van der Waals surface area contributed by atoms with E-state index in [1.807, 2.05) is 41.0 Å². The molecular weight excluding hydrogens is 535 g/mol. The predicted molar refractivity (Wildman–Crippen MR) is 150 cm³/mol. The normalized spacial score (nSPS) is 16.1. The lowest BCUT2D eigenvalue weighted by molar-refractivity contribution is -0.142. The second-order valence-electron chi connectivity index (χ2n) is 10.3. The summed E-state index contributed by atoms with van der Waals surface area (Å²) in [4.78, 5) is 25.2. The molecule has 2 N–H and O–H groups in total. The number of amides is 1. The highest BCUT2D eigenvalue weighted by molar-refractivity contribution is 5.97. The van der Waals surface area contributed by atoms with Crippen molar-refractivity contribution in [2.24, 2.45) is 5.73 Å². The van der Waals surface area contributed by atoms with Gasteiger partial charge in [0.1, 0.15) is 11.6 Å². The molecule has 0 radical (unpaired) electrons. The molecular formula is C30H34F3N5O3. The van der Waals surface area contributed by atoms with Crippen LogP contribution in [0.2, 0.25) is 0 Å². The summed E-state index contributed by atoms with van der Waals surface area (Å²) < 4.78 is 52.0. The fraction of sp³-hybridized carbons (Fsp3) is 0.433. The highest BCUT2D eigenvalue weighted by Crippen LogP contribution is 2.49. The van der Waals surface area contributed by atoms with E-state index in [4.69, 9.17) is 15.2 Å². The lowest BCUT2D eigenvalue weighted by atomic mass is 9.74. The van der Waals surface area contributed by atoms with Gasteiger partial charge < -0.3 is 25.0 Å². The third kappa shape index (κ3) is 5.55. The molecule has 0 saturated carbocycles. The van der Waals surface area contributed by atoms with Gasteiger partial charge in [0.15, 0.2) is 5.69 Å². The summed E-state index contributed by atoms with van der Waals surface area (Å²) in [6, 6.07) is 12.8. The van der Waals surface area contributed by atoms with E-state index in [0.717, 1.165) is 22.4 Å². The van der Waals surface area contributed by atoms with Crippen LogP contribution in [0.25, 0.3) is 11.1 Å². The van der Waals surface area contributed by atoms with E-state index in [9.17, 15) is 18.0 Å². The van der Waals surface area contributed by atoms with Gasteiger partial charge in [-0.1, -0.05) is 12.1 Å². The molecule has 2 aliphatic heterocycles. The number of alkyl halides is 3. The van der Waals surface area contributed by atoms with Crippen LogP contribution in [0.4, 0.5) is 24.7 Å². The molecule has 1 fully saturated rings. The first-order chi connectivity index (χ1) is 19.7. The number of piperidine rings is 1. The zero-order chi connectivity index (χ0) is 29.2. The van der Waals surface area contributed by atoms with Crippen LogP contribution in [0, 0.1) is 0 Å². The molecule has 1 saturated heterocycles. The number of rotatable bonds is 8. The van der Waals surface area contributed by atoms with Crippen molar-refractivity contribution in [3.8, 4) is 22.8 Å². The Morgan fingerprint density at radius 2 is 1.83 bits per heavy atom. The third-order valence-corrected chi connectivity index (χ3v) is 7.80. The minimum absolute atomic E-state index is 0.0515. The fourth-order valence-corrected chi connectivity index (χ4v) is 5.87. The lowest BCUT2D eigenvalue weighted by Crippen LogP contribution is -2.46. The summed E-state index contributed by atoms with van der Waals surface area (Å²) in [5, 5.41) is 0. The van der Waals surface area contributed by atoms with Gasteiger partial charge in [-0.15, -0.1) is 0 Å². The molecule has 2 aliphatic rings. The van der Waals surface area contributed by atoms with E-state index in [1.165, 1.54) is 6.07 Å². The quantitative estimate of drug-likeness (QED) is 0.399. The Morgan fingerprint density at radius 1 is 1.07 bits per heavy atom. The molecule has 0 aliphatic carbocycles. The van der Waals surface area contributed by atoms with Crippen molar-refractivity contribution in [1.82, 2.24) is 9.97 Å². The van der Waals surface area contributed by atoms with E-state index in [1.54, 1.807) is 19.2 Å². The smallest absolute Gasteiger partial charge is 0.437 e. The average molecular weight is 570 g/mol. The number of pyridine rings is 2. The van der Waals surface area contributed by atoms with Crippen molar-refractivity contribution in [3.05, 3.63) is 59.9 Å². The minimum Gasteiger partial charge on any atom is -0.492 e. The van der Waals surface area contributed by atoms with Gasteiger partial charge in [0.05, 0.1) is 13.2 Å². The lowest BCUT2D eigenvalue weighted by Gasteiger charge is -2.40. The molecule has 0 unspecified atom stereocenters. The van der Waals surface area contributed by atoms with Crippen LogP contribution in [-0.4, -0.2) is 55.3 Å². The number of carbonyl (C=O) groups excluding carboxylic acids is 1. The Hall–Kier alpha value is -3.86. The second-order valence-corrected chi connectivity index (χ2v) is 10.3. The molecule has 0 atom stereocenters. The van der Waals surface area contributed by atoms with Crippen LogP contribution in [0.5, 0.6) is 11.6 Å². The highest BCUT2D eigenvalue weighted by Gasteiger charge is 2.47. The van der Waals surface area contributed by atoms with Gasteiger partial charge in [-0.05, 0) is 68.1 Å². The van der Waals surface area contributed by atoms with Crippen LogP contribution in [-0.2, 0) is 16.4 Å². The number of fused-ring (bicyclic) bond motifs is 2. The summed E-state index contributed by atoms with van der Waals surface area (Å²) in [7, 11) is 0. The van der Waals surface area contributed by atoms with Crippen LogP contribution >= 0.6 is 0 Å². The zero-order valence-electron chi connectivity index (χ0n) is 23.2. The number of halogens is 3. The van der Waals surface area contributed by atoms with E-state index < -0.39 is 11.9 Å². The van der Waals surface area contributed by atoms with E-state index in [-0.39, 0.29) is 42.5 Å². The minimum atomic E-state index is -4.63. The molecule has 218 valence electrons. The van der Waals surface area contributed by atoms with Crippen LogP contribution in [0.1, 0.15) is 44.4 Å². The number of benzene rings is 1. The van der Waals surface area contributed by atoms with Gasteiger partial charge in [0.2, 0.25) is 11.8 Å². The molecule has 8 nitrogen and oxygen atoms in total. The number of hydrogen-bond acceptors (Lipinski definition) is 7. The maximum Gasteiger partial charge on any atom is 0.437 e. The van der Waals surface area contributed by atoms with Gasteiger partial charge in [0.25, 0.3) is 0 Å². The number of anilines is 2. The van der Waals surface area contributed by atoms with Crippen molar-refractivity contribution in [2.45, 2.75) is 44.7 Å². The van der Waals surface area contributed by atoms with Crippen molar-refractivity contribution in [2.75, 3.05) is 49.2 Å². The monoisotopic (exact) mass is 569 g/mol. The highest BCUT2D eigenvalue weighted by atomic mass is 19.4. The molecule has 1 aromatic carbocycles. The second kappa shape index (κ2) is 11.6. The molecule has 1 spiro atoms. The number of ether oxygens (including phenoxy) is 2. The van der Waals surface area contributed by atoms with Crippen molar-refractivity contribution in [3.63, 3.8) is 0 Å². The van der Waals surface area contributed by atoms with Crippen molar-refractivity contribution < 1.29 is 27.4 Å².